The number of aliphatic hydroxyl groups is 1. The first-order valence-electron chi connectivity index (χ1n) is 4.74. The predicted octanol–water partition coefficient (Wildman–Crippen LogP) is 0.426. The van der Waals surface area contributed by atoms with Crippen molar-refractivity contribution in [3.63, 3.8) is 0 Å². The molecule has 1 amide bonds. The molecule has 0 aliphatic heterocycles. The molecule has 3 heteroatoms. The van der Waals surface area contributed by atoms with Gasteiger partial charge in [-0.15, -0.1) is 0 Å². The van der Waals surface area contributed by atoms with Crippen molar-refractivity contribution < 1.29 is 9.90 Å². The van der Waals surface area contributed by atoms with E-state index in [1.54, 1.807) is 0 Å². The topological polar surface area (TPSA) is 49.3 Å². The molecule has 2 aliphatic rings. The maximum absolute atomic E-state index is 11.3. The van der Waals surface area contributed by atoms with Crippen molar-refractivity contribution in [3.8, 4) is 0 Å². The van der Waals surface area contributed by atoms with Crippen molar-refractivity contribution in [1.82, 2.24) is 5.32 Å². The standard InChI is InChI=1S/C9H15NO2/c11-8-4-3-7(5-8)10-9(12)6-1-2-6/h6-8,11H,1-5H2,(H,10,12)/t7-,8+/m0/s1. The molecule has 0 heterocycles. The van der Waals surface area contributed by atoms with E-state index in [9.17, 15) is 9.90 Å². The van der Waals surface area contributed by atoms with Crippen LogP contribution in [0.25, 0.3) is 0 Å². The number of carbonyl (C=O) groups is 1. The van der Waals surface area contributed by atoms with Crippen LogP contribution in [-0.2, 0) is 4.79 Å². The van der Waals surface area contributed by atoms with E-state index in [2.05, 4.69) is 5.32 Å². The van der Waals surface area contributed by atoms with Gasteiger partial charge < -0.3 is 10.4 Å². The number of amides is 1. The molecule has 0 aromatic carbocycles. The average Bonchev–Trinajstić information content (AvgIpc) is 2.78. The van der Waals surface area contributed by atoms with Crippen LogP contribution in [-0.4, -0.2) is 23.2 Å². The second kappa shape index (κ2) is 3.05. The Bertz CT molecular complexity index is 189. The zero-order valence-electron chi connectivity index (χ0n) is 7.12. The first-order valence-corrected chi connectivity index (χ1v) is 4.74. The van der Waals surface area contributed by atoms with Crippen LogP contribution >= 0.6 is 0 Å². The van der Waals surface area contributed by atoms with Crippen LogP contribution in [0.2, 0.25) is 0 Å². The summed E-state index contributed by atoms with van der Waals surface area (Å²) in [6.07, 6.45) is 4.46. The highest BCUT2D eigenvalue weighted by Crippen LogP contribution is 2.29. The zero-order chi connectivity index (χ0) is 8.55. The highest BCUT2D eigenvalue weighted by Gasteiger charge is 2.32. The lowest BCUT2D eigenvalue weighted by atomic mass is 10.2. The SMILES string of the molecule is O=C(N[C@H]1CC[C@@H](O)C1)C1CC1. The van der Waals surface area contributed by atoms with Gasteiger partial charge >= 0.3 is 0 Å². The molecule has 0 saturated heterocycles. The quantitative estimate of drug-likeness (QED) is 0.629. The summed E-state index contributed by atoms with van der Waals surface area (Å²) in [6.45, 7) is 0. The lowest BCUT2D eigenvalue weighted by Crippen LogP contribution is -2.34. The molecular weight excluding hydrogens is 154 g/mol. The van der Waals surface area contributed by atoms with Crippen molar-refractivity contribution >= 4 is 5.91 Å². The fourth-order valence-electron chi connectivity index (χ4n) is 1.75. The van der Waals surface area contributed by atoms with Crippen LogP contribution < -0.4 is 5.32 Å². The Morgan fingerprint density at radius 2 is 2.00 bits per heavy atom. The number of hydrogen-bond donors (Lipinski definition) is 2. The van der Waals surface area contributed by atoms with Gasteiger partial charge in [0.2, 0.25) is 5.91 Å². The van der Waals surface area contributed by atoms with E-state index in [4.69, 9.17) is 0 Å². The van der Waals surface area contributed by atoms with Gasteiger partial charge in [-0.05, 0) is 32.1 Å². The smallest absolute Gasteiger partial charge is 0.223 e. The first kappa shape index (κ1) is 8.05. The Balaban J connectivity index is 1.75. The van der Waals surface area contributed by atoms with Gasteiger partial charge in [0.1, 0.15) is 0 Å². The molecule has 2 rings (SSSR count). The molecule has 68 valence electrons. The van der Waals surface area contributed by atoms with E-state index in [0.29, 0.717) is 5.92 Å². The minimum atomic E-state index is -0.186. The zero-order valence-corrected chi connectivity index (χ0v) is 7.12. The van der Waals surface area contributed by atoms with Crippen molar-refractivity contribution in [1.29, 1.82) is 0 Å². The monoisotopic (exact) mass is 169 g/mol. The number of carbonyl (C=O) groups excluding carboxylic acids is 1. The van der Waals surface area contributed by atoms with Crippen molar-refractivity contribution in [2.75, 3.05) is 0 Å². The summed E-state index contributed by atoms with van der Waals surface area (Å²) in [5.41, 5.74) is 0. The Hall–Kier alpha value is -0.570. The van der Waals surface area contributed by atoms with Crippen LogP contribution in [0.1, 0.15) is 32.1 Å². The second-order valence-corrected chi connectivity index (χ2v) is 3.95. The fraction of sp³-hybridized carbons (Fsp3) is 0.889. The van der Waals surface area contributed by atoms with E-state index >= 15 is 0 Å². The van der Waals surface area contributed by atoms with Crippen LogP contribution in [0.5, 0.6) is 0 Å². The van der Waals surface area contributed by atoms with Crippen molar-refractivity contribution in [2.24, 2.45) is 5.92 Å². The van der Waals surface area contributed by atoms with Gasteiger partial charge in [0.05, 0.1) is 6.10 Å². The first-order chi connectivity index (χ1) is 5.75. The van der Waals surface area contributed by atoms with E-state index < -0.39 is 0 Å². The molecule has 12 heavy (non-hydrogen) atoms. The summed E-state index contributed by atoms with van der Waals surface area (Å²) in [7, 11) is 0. The molecule has 0 aromatic rings. The van der Waals surface area contributed by atoms with E-state index in [1.807, 2.05) is 0 Å². The Morgan fingerprint density at radius 3 is 2.50 bits per heavy atom. The maximum Gasteiger partial charge on any atom is 0.223 e. The number of nitrogens with one attached hydrogen (secondary N) is 1. The minimum Gasteiger partial charge on any atom is -0.393 e. The van der Waals surface area contributed by atoms with E-state index in [1.165, 1.54) is 0 Å². The molecule has 3 nitrogen and oxygen atoms in total. The summed E-state index contributed by atoms with van der Waals surface area (Å²) < 4.78 is 0. The van der Waals surface area contributed by atoms with E-state index in [0.717, 1.165) is 32.1 Å². The summed E-state index contributed by atoms with van der Waals surface area (Å²) in [5.74, 6) is 0.497. The number of hydrogen-bond acceptors (Lipinski definition) is 2. The van der Waals surface area contributed by atoms with Crippen LogP contribution in [0.3, 0.4) is 0 Å². The van der Waals surface area contributed by atoms with Crippen LogP contribution in [0, 0.1) is 5.92 Å². The molecular formula is C9H15NO2. The van der Waals surface area contributed by atoms with Gasteiger partial charge in [0.25, 0.3) is 0 Å². The predicted molar refractivity (Wildman–Crippen MR) is 44.5 cm³/mol. The second-order valence-electron chi connectivity index (χ2n) is 3.95. The minimum absolute atomic E-state index is 0.186. The molecule has 2 aliphatic carbocycles. The van der Waals surface area contributed by atoms with Crippen LogP contribution in [0.15, 0.2) is 0 Å². The van der Waals surface area contributed by atoms with Gasteiger partial charge in [-0.1, -0.05) is 0 Å². The number of aliphatic hydroxyl groups excluding tert-OH is 1. The Kier molecular flexibility index (Phi) is 2.05. The Labute approximate surface area is 72.2 Å². The maximum atomic E-state index is 11.3. The average molecular weight is 169 g/mol. The molecule has 0 aromatic heterocycles. The summed E-state index contributed by atoms with van der Waals surface area (Å²) in [6, 6.07) is 0.244. The van der Waals surface area contributed by atoms with Gasteiger partial charge in [0.15, 0.2) is 0 Å². The molecule has 0 radical (unpaired) electrons. The molecule has 2 atom stereocenters. The lowest BCUT2D eigenvalue weighted by Gasteiger charge is -2.10. The molecule has 0 unspecified atom stereocenters. The van der Waals surface area contributed by atoms with Crippen molar-refractivity contribution in [3.05, 3.63) is 0 Å². The highest BCUT2D eigenvalue weighted by molar-refractivity contribution is 5.81. The molecule has 2 fully saturated rings. The highest BCUT2D eigenvalue weighted by atomic mass is 16.3. The van der Waals surface area contributed by atoms with Gasteiger partial charge in [-0.25, -0.2) is 0 Å². The fourth-order valence-corrected chi connectivity index (χ4v) is 1.75. The third kappa shape index (κ3) is 1.78. The van der Waals surface area contributed by atoms with Crippen LogP contribution in [0.4, 0.5) is 0 Å². The Morgan fingerprint density at radius 1 is 1.25 bits per heavy atom. The van der Waals surface area contributed by atoms with Gasteiger partial charge in [0, 0.05) is 12.0 Å². The third-order valence-electron chi connectivity index (χ3n) is 2.70. The summed E-state index contributed by atoms with van der Waals surface area (Å²) in [4.78, 5) is 11.3. The lowest BCUT2D eigenvalue weighted by molar-refractivity contribution is -0.123. The third-order valence-corrected chi connectivity index (χ3v) is 2.70. The molecule has 0 spiro atoms. The molecule has 2 saturated carbocycles. The summed E-state index contributed by atoms with van der Waals surface area (Å²) in [5, 5.41) is 12.2. The van der Waals surface area contributed by atoms with Crippen molar-refractivity contribution in [2.45, 2.75) is 44.2 Å². The largest absolute Gasteiger partial charge is 0.393 e. The van der Waals surface area contributed by atoms with Gasteiger partial charge in [-0.3, -0.25) is 4.79 Å². The van der Waals surface area contributed by atoms with Gasteiger partial charge in [-0.2, -0.15) is 0 Å². The normalized spacial score (nSPS) is 35.1. The molecule has 2 N–H and O–H groups in total. The molecule has 0 bridgehead atoms. The number of rotatable bonds is 2. The van der Waals surface area contributed by atoms with E-state index in [-0.39, 0.29) is 18.1 Å². The summed E-state index contributed by atoms with van der Waals surface area (Å²) >= 11 is 0.